The van der Waals surface area contributed by atoms with E-state index in [0.717, 1.165) is 27.2 Å². The molecular weight excluding hydrogens is 314 g/mol. The highest BCUT2D eigenvalue weighted by molar-refractivity contribution is 9.10. The Labute approximate surface area is 120 Å². The van der Waals surface area contributed by atoms with E-state index in [9.17, 15) is 0 Å². The van der Waals surface area contributed by atoms with E-state index in [1.165, 1.54) is 0 Å². The van der Waals surface area contributed by atoms with Crippen molar-refractivity contribution < 1.29 is 4.74 Å². The molecule has 0 aliphatic carbocycles. The molecule has 0 N–H and O–H groups in total. The maximum atomic E-state index is 5.86. The molecule has 0 bridgehead atoms. The molecule has 2 rings (SSSR count). The van der Waals surface area contributed by atoms with E-state index in [1.54, 1.807) is 0 Å². The minimum absolute atomic E-state index is 0.358. The number of benzene rings is 1. The number of rotatable bonds is 4. The lowest BCUT2D eigenvalue weighted by Crippen LogP contribution is -2.00. The van der Waals surface area contributed by atoms with E-state index in [4.69, 9.17) is 16.3 Å². The Hall–Kier alpha value is -1.06. The van der Waals surface area contributed by atoms with Gasteiger partial charge in [-0.3, -0.25) is 4.98 Å². The monoisotopic (exact) mass is 325 g/mol. The zero-order chi connectivity index (χ0) is 13.0. The highest BCUT2D eigenvalue weighted by Gasteiger charge is 2.05. The van der Waals surface area contributed by atoms with Crippen molar-refractivity contribution in [2.75, 3.05) is 0 Å². The number of ether oxygens (including phenoxy) is 1. The average molecular weight is 327 g/mol. The Morgan fingerprint density at radius 1 is 1.17 bits per heavy atom. The number of aryl methyl sites for hydroxylation is 1. The molecule has 0 atom stereocenters. The Balaban J connectivity index is 2.08. The van der Waals surface area contributed by atoms with Gasteiger partial charge in [0.15, 0.2) is 0 Å². The van der Waals surface area contributed by atoms with Crippen LogP contribution in [-0.4, -0.2) is 4.98 Å². The van der Waals surface area contributed by atoms with Crippen LogP contribution in [0.1, 0.15) is 17.0 Å². The number of hydrogen-bond donors (Lipinski definition) is 0. The van der Waals surface area contributed by atoms with Crippen LogP contribution in [0.4, 0.5) is 0 Å². The van der Waals surface area contributed by atoms with Gasteiger partial charge in [0.05, 0.1) is 11.6 Å². The van der Waals surface area contributed by atoms with Crippen LogP contribution in [0.25, 0.3) is 0 Å². The number of hydrogen-bond acceptors (Lipinski definition) is 2. The van der Waals surface area contributed by atoms with Gasteiger partial charge in [0.25, 0.3) is 0 Å². The molecule has 0 aliphatic heterocycles. The molecule has 0 saturated carbocycles. The lowest BCUT2D eigenvalue weighted by molar-refractivity contribution is 0.302. The zero-order valence-corrected chi connectivity index (χ0v) is 12.3. The fourth-order valence-electron chi connectivity index (χ4n) is 1.57. The molecule has 0 amide bonds. The second-order valence-corrected chi connectivity index (χ2v) is 5.13. The quantitative estimate of drug-likeness (QED) is 0.773. The summed E-state index contributed by atoms with van der Waals surface area (Å²) in [6.07, 6.45) is 0. The fraction of sp³-hybridized carbons (Fsp3) is 0.214. The van der Waals surface area contributed by atoms with Gasteiger partial charge in [0, 0.05) is 10.2 Å². The molecule has 4 heteroatoms. The summed E-state index contributed by atoms with van der Waals surface area (Å²) in [5, 5.41) is 0. The van der Waals surface area contributed by atoms with Crippen LogP contribution in [0.2, 0.25) is 0 Å². The molecule has 0 fully saturated rings. The molecule has 2 nitrogen and oxygen atoms in total. The fourth-order valence-corrected chi connectivity index (χ4v) is 2.02. The van der Waals surface area contributed by atoms with Gasteiger partial charge < -0.3 is 4.74 Å². The van der Waals surface area contributed by atoms with E-state index >= 15 is 0 Å². The lowest BCUT2D eigenvalue weighted by atomic mass is 10.2. The predicted octanol–water partition coefficient (Wildman–Crippen LogP) is 4.47. The van der Waals surface area contributed by atoms with Crippen molar-refractivity contribution in [1.29, 1.82) is 0 Å². The van der Waals surface area contributed by atoms with E-state index in [2.05, 4.69) is 20.9 Å². The van der Waals surface area contributed by atoms with Gasteiger partial charge in [-0.05, 0) is 36.8 Å². The van der Waals surface area contributed by atoms with Crippen molar-refractivity contribution >= 4 is 27.5 Å². The summed E-state index contributed by atoms with van der Waals surface area (Å²) in [4.78, 5) is 4.35. The number of aromatic nitrogens is 1. The summed E-state index contributed by atoms with van der Waals surface area (Å²) in [7, 11) is 0. The summed E-state index contributed by atoms with van der Waals surface area (Å²) in [6, 6.07) is 11.9. The molecule has 1 heterocycles. The smallest absolute Gasteiger partial charge is 0.142 e. The van der Waals surface area contributed by atoms with E-state index < -0.39 is 0 Å². The summed E-state index contributed by atoms with van der Waals surface area (Å²) >= 11 is 9.26. The zero-order valence-electron chi connectivity index (χ0n) is 9.99. The Bertz CT molecular complexity index is 528. The van der Waals surface area contributed by atoms with Crippen LogP contribution in [0.5, 0.6) is 5.75 Å². The first kappa shape index (κ1) is 13.4. The number of pyridine rings is 1. The van der Waals surface area contributed by atoms with Crippen molar-refractivity contribution in [2.45, 2.75) is 19.4 Å². The molecule has 0 unspecified atom stereocenters. The molecule has 0 aliphatic rings. The molecular formula is C14H13BrClNO. The molecule has 18 heavy (non-hydrogen) atoms. The van der Waals surface area contributed by atoms with E-state index in [1.807, 2.05) is 43.3 Å². The largest absolute Gasteiger partial charge is 0.487 e. The van der Waals surface area contributed by atoms with Crippen molar-refractivity contribution in [3.05, 3.63) is 57.8 Å². The maximum absolute atomic E-state index is 5.86. The maximum Gasteiger partial charge on any atom is 0.142 e. The van der Waals surface area contributed by atoms with Crippen LogP contribution in [-0.2, 0) is 12.5 Å². The number of halogens is 2. The van der Waals surface area contributed by atoms with Crippen LogP contribution in [0.15, 0.2) is 40.9 Å². The third-order valence-corrected chi connectivity index (χ3v) is 3.29. The second kappa shape index (κ2) is 6.21. The summed E-state index contributed by atoms with van der Waals surface area (Å²) in [5.41, 5.74) is 2.84. The van der Waals surface area contributed by atoms with Crippen molar-refractivity contribution in [1.82, 2.24) is 4.98 Å². The van der Waals surface area contributed by atoms with Crippen LogP contribution in [0, 0.1) is 6.92 Å². The van der Waals surface area contributed by atoms with E-state index in [-0.39, 0.29) is 0 Å². The molecule has 1 aromatic heterocycles. The second-order valence-electron chi connectivity index (χ2n) is 3.95. The van der Waals surface area contributed by atoms with E-state index in [0.29, 0.717) is 12.5 Å². The van der Waals surface area contributed by atoms with Gasteiger partial charge in [0.2, 0.25) is 0 Å². The molecule has 1 aromatic carbocycles. The normalized spacial score (nSPS) is 10.4. The van der Waals surface area contributed by atoms with Crippen LogP contribution >= 0.6 is 27.5 Å². The molecule has 0 spiro atoms. The summed E-state index contributed by atoms with van der Waals surface area (Å²) in [6.45, 7) is 2.45. The first-order valence-electron chi connectivity index (χ1n) is 5.59. The van der Waals surface area contributed by atoms with Crippen molar-refractivity contribution in [3.8, 4) is 5.75 Å². The predicted molar refractivity (Wildman–Crippen MR) is 77.0 cm³/mol. The minimum Gasteiger partial charge on any atom is -0.487 e. The van der Waals surface area contributed by atoms with Gasteiger partial charge in [-0.25, -0.2) is 0 Å². The third kappa shape index (κ3) is 3.47. The Morgan fingerprint density at radius 3 is 2.56 bits per heavy atom. The number of nitrogens with zero attached hydrogens (tertiary/aromatic N) is 1. The van der Waals surface area contributed by atoms with Crippen LogP contribution < -0.4 is 4.74 Å². The van der Waals surface area contributed by atoms with Crippen LogP contribution in [0.3, 0.4) is 0 Å². The van der Waals surface area contributed by atoms with Gasteiger partial charge in [-0.1, -0.05) is 28.1 Å². The minimum atomic E-state index is 0.358. The summed E-state index contributed by atoms with van der Waals surface area (Å²) in [5.74, 6) is 1.11. The topological polar surface area (TPSA) is 22.1 Å². The highest BCUT2D eigenvalue weighted by Crippen LogP contribution is 2.20. The Morgan fingerprint density at radius 2 is 1.89 bits per heavy atom. The average Bonchev–Trinajstić information content (AvgIpc) is 2.39. The SMILES string of the molecule is Cc1ccc(OCc2ccc(Br)cc2)c(CCl)n1. The van der Waals surface area contributed by atoms with Crippen molar-refractivity contribution in [2.24, 2.45) is 0 Å². The first-order valence-corrected chi connectivity index (χ1v) is 6.91. The number of alkyl halides is 1. The molecule has 0 radical (unpaired) electrons. The van der Waals surface area contributed by atoms with Gasteiger partial charge in [-0.2, -0.15) is 0 Å². The van der Waals surface area contributed by atoms with Gasteiger partial charge >= 0.3 is 0 Å². The van der Waals surface area contributed by atoms with Gasteiger partial charge in [-0.15, -0.1) is 11.6 Å². The standard InChI is InChI=1S/C14H13BrClNO/c1-10-2-7-14(13(8-16)17-10)18-9-11-3-5-12(15)6-4-11/h2-7H,8-9H2,1H3. The molecule has 94 valence electrons. The summed E-state index contributed by atoms with van der Waals surface area (Å²) < 4.78 is 6.81. The lowest BCUT2D eigenvalue weighted by Gasteiger charge is -2.10. The third-order valence-electron chi connectivity index (χ3n) is 2.51. The first-order chi connectivity index (χ1) is 8.69. The Kier molecular flexibility index (Phi) is 4.61. The highest BCUT2D eigenvalue weighted by atomic mass is 79.9. The molecule has 0 saturated heterocycles. The van der Waals surface area contributed by atoms with Gasteiger partial charge in [0.1, 0.15) is 12.4 Å². The molecule has 2 aromatic rings. The van der Waals surface area contributed by atoms with Crippen molar-refractivity contribution in [3.63, 3.8) is 0 Å².